The second-order valence-corrected chi connectivity index (χ2v) is 10.0. The number of aryl methyl sites for hydroxylation is 1. The molecule has 5 rings (SSSR count). The average Bonchev–Trinajstić information content (AvgIpc) is 3.48. The molecule has 3 N–H and O–H groups in total. The van der Waals surface area contributed by atoms with Crippen LogP contribution in [-0.2, 0) is 20.0 Å². The van der Waals surface area contributed by atoms with Crippen molar-refractivity contribution in [3.63, 3.8) is 0 Å². The minimum atomic E-state index is -0.169. The monoisotopic (exact) mass is 487 g/mol. The van der Waals surface area contributed by atoms with E-state index in [-0.39, 0.29) is 11.9 Å². The number of anilines is 2. The van der Waals surface area contributed by atoms with Gasteiger partial charge in [-0.1, -0.05) is 36.4 Å². The number of likely N-dealkylation sites (tertiary alicyclic amines) is 1. The first-order valence-corrected chi connectivity index (χ1v) is 13.0. The Morgan fingerprint density at radius 3 is 2.58 bits per heavy atom. The number of benzene rings is 2. The van der Waals surface area contributed by atoms with Gasteiger partial charge in [-0.2, -0.15) is 5.10 Å². The van der Waals surface area contributed by atoms with Crippen molar-refractivity contribution in [3.05, 3.63) is 77.6 Å². The van der Waals surface area contributed by atoms with Crippen molar-refractivity contribution in [1.82, 2.24) is 19.6 Å². The molecule has 3 aromatic rings. The van der Waals surface area contributed by atoms with Crippen LogP contribution in [0.4, 0.5) is 11.4 Å². The third-order valence-electron chi connectivity index (χ3n) is 7.22. The number of carbonyl (C=O) groups excluding carboxylic acids is 1. The SMILES string of the molecule is Cn1cc(CN2CCC(N)C2)c(C(=O)Nc2cccc(N3CCN(CCc4ccccc4)CC3)c2)n1. The van der Waals surface area contributed by atoms with Crippen LogP contribution in [0.2, 0.25) is 0 Å². The van der Waals surface area contributed by atoms with E-state index in [2.05, 4.69) is 67.6 Å². The number of aromatic nitrogens is 2. The Labute approximate surface area is 213 Å². The molecule has 0 spiro atoms. The zero-order valence-electron chi connectivity index (χ0n) is 21.1. The number of nitrogens with zero attached hydrogens (tertiary/aromatic N) is 5. The molecule has 8 nitrogen and oxygen atoms in total. The van der Waals surface area contributed by atoms with Crippen molar-refractivity contribution in [1.29, 1.82) is 0 Å². The van der Waals surface area contributed by atoms with Crippen LogP contribution in [0, 0.1) is 0 Å². The smallest absolute Gasteiger partial charge is 0.276 e. The Kier molecular flexibility index (Phi) is 7.65. The minimum absolute atomic E-state index is 0.169. The van der Waals surface area contributed by atoms with Crippen molar-refractivity contribution in [2.75, 3.05) is 56.0 Å². The standard InChI is InChI=1S/C28H37N7O/c1-32-19-23(20-34-13-11-24(29)21-34)27(31-32)28(36)30-25-8-5-9-26(18-25)35-16-14-33(15-17-35)12-10-22-6-3-2-4-7-22/h2-9,18-19,24H,10-17,20-21,29H2,1H3,(H,30,36). The van der Waals surface area contributed by atoms with E-state index in [4.69, 9.17) is 5.73 Å². The summed E-state index contributed by atoms with van der Waals surface area (Å²) >= 11 is 0. The largest absolute Gasteiger partial charge is 0.369 e. The van der Waals surface area contributed by atoms with E-state index in [0.717, 1.165) is 75.6 Å². The second kappa shape index (κ2) is 11.2. The van der Waals surface area contributed by atoms with Gasteiger partial charge in [0.25, 0.3) is 5.91 Å². The number of rotatable bonds is 8. The molecule has 1 unspecified atom stereocenters. The summed E-state index contributed by atoms with van der Waals surface area (Å²) < 4.78 is 1.72. The third-order valence-corrected chi connectivity index (χ3v) is 7.22. The fraction of sp³-hybridized carbons (Fsp3) is 0.429. The first-order valence-electron chi connectivity index (χ1n) is 13.0. The highest BCUT2D eigenvalue weighted by Gasteiger charge is 2.24. The molecule has 2 fully saturated rings. The van der Waals surface area contributed by atoms with Crippen molar-refractivity contribution in [2.24, 2.45) is 12.8 Å². The number of nitrogens with two attached hydrogens (primary N) is 1. The Bertz CT molecular complexity index is 1150. The van der Waals surface area contributed by atoms with E-state index in [1.165, 1.54) is 5.56 Å². The quantitative estimate of drug-likeness (QED) is 0.508. The highest BCUT2D eigenvalue weighted by atomic mass is 16.2. The fourth-order valence-electron chi connectivity index (χ4n) is 5.22. The number of hydrogen-bond donors (Lipinski definition) is 2. The molecule has 3 heterocycles. The van der Waals surface area contributed by atoms with Crippen LogP contribution in [0.1, 0.15) is 28.0 Å². The van der Waals surface area contributed by atoms with Gasteiger partial charge in [0, 0.05) is 88.6 Å². The topological polar surface area (TPSA) is 82.7 Å². The first-order chi connectivity index (χ1) is 17.5. The van der Waals surface area contributed by atoms with Gasteiger partial charge in [-0.25, -0.2) is 0 Å². The molecule has 2 aromatic carbocycles. The predicted octanol–water partition coefficient (Wildman–Crippen LogP) is 2.57. The molecule has 0 saturated carbocycles. The van der Waals surface area contributed by atoms with Crippen molar-refractivity contribution in [2.45, 2.75) is 25.4 Å². The van der Waals surface area contributed by atoms with Crippen LogP contribution in [0.3, 0.4) is 0 Å². The number of nitrogens with one attached hydrogen (secondary N) is 1. The summed E-state index contributed by atoms with van der Waals surface area (Å²) in [6.07, 6.45) is 4.02. The molecule has 1 aromatic heterocycles. The van der Waals surface area contributed by atoms with Crippen LogP contribution in [0.25, 0.3) is 0 Å². The van der Waals surface area contributed by atoms with Gasteiger partial charge in [0.05, 0.1) is 0 Å². The van der Waals surface area contributed by atoms with Gasteiger partial charge < -0.3 is 16.0 Å². The number of amides is 1. The Morgan fingerprint density at radius 2 is 1.83 bits per heavy atom. The molecule has 36 heavy (non-hydrogen) atoms. The lowest BCUT2D eigenvalue weighted by Crippen LogP contribution is -2.47. The molecule has 1 atom stereocenters. The summed E-state index contributed by atoms with van der Waals surface area (Å²) in [5.41, 5.74) is 10.8. The van der Waals surface area contributed by atoms with Gasteiger partial charge >= 0.3 is 0 Å². The van der Waals surface area contributed by atoms with E-state index in [1.807, 2.05) is 25.4 Å². The average molecular weight is 488 g/mol. The Morgan fingerprint density at radius 1 is 1.03 bits per heavy atom. The Balaban J connectivity index is 1.16. The van der Waals surface area contributed by atoms with Gasteiger partial charge in [-0.15, -0.1) is 0 Å². The van der Waals surface area contributed by atoms with Crippen LogP contribution in [0.5, 0.6) is 0 Å². The summed E-state index contributed by atoms with van der Waals surface area (Å²) in [6.45, 7) is 7.64. The number of hydrogen-bond acceptors (Lipinski definition) is 6. The molecule has 2 aliphatic heterocycles. The Hall–Kier alpha value is -3.20. The van der Waals surface area contributed by atoms with E-state index in [0.29, 0.717) is 12.2 Å². The molecular weight excluding hydrogens is 450 g/mol. The van der Waals surface area contributed by atoms with E-state index in [1.54, 1.807) is 4.68 Å². The van der Waals surface area contributed by atoms with Gasteiger partial charge in [0.1, 0.15) is 0 Å². The minimum Gasteiger partial charge on any atom is -0.369 e. The zero-order chi connectivity index (χ0) is 24.9. The van der Waals surface area contributed by atoms with Gasteiger partial charge in [0.2, 0.25) is 0 Å². The number of carbonyl (C=O) groups is 1. The van der Waals surface area contributed by atoms with Crippen LogP contribution < -0.4 is 16.0 Å². The van der Waals surface area contributed by atoms with Crippen LogP contribution in [-0.4, -0.2) is 77.3 Å². The molecule has 8 heteroatoms. The maximum atomic E-state index is 13.2. The van der Waals surface area contributed by atoms with Crippen LogP contribution >= 0.6 is 0 Å². The molecule has 1 amide bonds. The van der Waals surface area contributed by atoms with E-state index >= 15 is 0 Å². The van der Waals surface area contributed by atoms with E-state index < -0.39 is 0 Å². The summed E-state index contributed by atoms with van der Waals surface area (Å²) in [5, 5.41) is 7.54. The van der Waals surface area contributed by atoms with Gasteiger partial charge in [-0.05, 0) is 36.6 Å². The normalized spacial score (nSPS) is 19.1. The molecule has 2 aliphatic rings. The molecule has 0 bridgehead atoms. The summed E-state index contributed by atoms with van der Waals surface area (Å²) in [7, 11) is 1.86. The molecule has 0 radical (unpaired) electrons. The van der Waals surface area contributed by atoms with E-state index in [9.17, 15) is 4.79 Å². The fourth-order valence-corrected chi connectivity index (χ4v) is 5.22. The summed E-state index contributed by atoms with van der Waals surface area (Å²) in [4.78, 5) is 20.4. The van der Waals surface area contributed by atoms with Crippen molar-refractivity contribution < 1.29 is 4.79 Å². The highest BCUT2D eigenvalue weighted by molar-refractivity contribution is 6.04. The highest BCUT2D eigenvalue weighted by Crippen LogP contribution is 2.22. The lowest BCUT2D eigenvalue weighted by molar-refractivity contribution is 0.102. The predicted molar refractivity (Wildman–Crippen MR) is 144 cm³/mol. The zero-order valence-corrected chi connectivity index (χ0v) is 21.1. The van der Waals surface area contributed by atoms with Crippen molar-refractivity contribution >= 4 is 17.3 Å². The van der Waals surface area contributed by atoms with Gasteiger partial charge in [-0.3, -0.25) is 19.3 Å². The summed E-state index contributed by atoms with van der Waals surface area (Å²) in [6, 6.07) is 19.0. The maximum Gasteiger partial charge on any atom is 0.276 e. The molecule has 0 aliphatic carbocycles. The molecule has 190 valence electrons. The first kappa shape index (κ1) is 24.5. The van der Waals surface area contributed by atoms with Gasteiger partial charge in [0.15, 0.2) is 5.69 Å². The second-order valence-electron chi connectivity index (χ2n) is 10.0. The maximum absolute atomic E-state index is 13.2. The van der Waals surface area contributed by atoms with Crippen LogP contribution in [0.15, 0.2) is 60.8 Å². The number of piperazine rings is 1. The lowest BCUT2D eigenvalue weighted by atomic mass is 10.1. The molecular formula is C28H37N7O. The lowest BCUT2D eigenvalue weighted by Gasteiger charge is -2.36. The van der Waals surface area contributed by atoms with Crippen molar-refractivity contribution in [3.8, 4) is 0 Å². The summed E-state index contributed by atoms with van der Waals surface area (Å²) in [5.74, 6) is -0.169. The third kappa shape index (κ3) is 6.13. The molecule has 2 saturated heterocycles.